The zero-order valence-electron chi connectivity index (χ0n) is 18.3. The Morgan fingerprint density at radius 2 is 1.61 bits per heavy atom. The second-order valence-electron chi connectivity index (χ2n) is 7.32. The van der Waals surface area contributed by atoms with Gasteiger partial charge in [-0.2, -0.15) is 0 Å². The number of esters is 1. The molecule has 0 aliphatic heterocycles. The van der Waals surface area contributed by atoms with Gasteiger partial charge in [-0.1, -0.05) is 35.4 Å². The fraction of sp³-hybridized carbons (Fsp3) is 0.167. The van der Waals surface area contributed by atoms with Gasteiger partial charge < -0.3 is 10.1 Å². The van der Waals surface area contributed by atoms with E-state index >= 15 is 0 Å². The van der Waals surface area contributed by atoms with Gasteiger partial charge >= 0.3 is 5.97 Å². The van der Waals surface area contributed by atoms with Crippen molar-refractivity contribution in [3.05, 3.63) is 88.4 Å². The molecule has 0 bridgehead atoms. The number of halogens is 1. The highest BCUT2D eigenvalue weighted by Gasteiger charge is 2.27. The molecule has 0 saturated heterocycles. The number of carbonyl (C=O) groups is 2. The number of nitrogens with one attached hydrogen (secondary N) is 1. The maximum absolute atomic E-state index is 13.4. The summed E-state index contributed by atoms with van der Waals surface area (Å²) in [7, 11) is -2.78. The summed E-state index contributed by atoms with van der Waals surface area (Å²) in [6.07, 6.45) is 0. The van der Waals surface area contributed by atoms with Crippen LogP contribution in [0.25, 0.3) is 0 Å². The van der Waals surface area contributed by atoms with Gasteiger partial charge in [-0.3, -0.25) is 9.10 Å². The highest BCUT2D eigenvalue weighted by molar-refractivity contribution is 7.92. The zero-order chi connectivity index (χ0) is 24.2. The minimum atomic E-state index is -4.05. The molecule has 0 atom stereocenters. The highest BCUT2D eigenvalue weighted by atomic mass is 35.5. The molecular formula is C24H23ClN2O5S. The number of rotatable bonds is 7. The van der Waals surface area contributed by atoms with Crippen molar-refractivity contribution in [2.24, 2.45) is 0 Å². The van der Waals surface area contributed by atoms with Crippen molar-refractivity contribution in [2.45, 2.75) is 18.7 Å². The van der Waals surface area contributed by atoms with Crippen LogP contribution in [0.3, 0.4) is 0 Å². The fourth-order valence-corrected chi connectivity index (χ4v) is 4.73. The van der Waals surface area contributed by atoms with Crippen molar-refractivity contribution in [1.29, 1.82) is 0 Å². The molecular weight excluding hydrogens is 464 g/mol. The lowest BCUT2D eigenvalue weighted by molar-refractivity contribution is -0.114. The van der Waals surface area contributed by atoms with Crippen LogP contribution in [0.2, 0.25) is 5.02 Å². The molecule has 172 valence electrons. The normalized spacial score (nSPS) is 11.0. The lowest BCUT2D eigenvalue weighted by Crippen LogP contribution is -2.38. The van der Waals surface area contributed by atoms with Crippen molar-refractivity contribution >= 4 is 44.9 Å². The molecule has 0 fully saturated rings. The molecule has 9 heteroatoms. The summed E-state index contributed by atoms with van der Waals surface area (Å²) >= 11 is 5.96. The second-order valence-corrected chi connectivity index (χ2v) is 9.62. The number of hydrogen-bond donors (Lipinski definition) is 1. The van der Waals surface area contributed by atoms with Crippen molar-refractivity contribution in [3.8, 4) is 0 Å². The van der Waals surface area contributed by atoms with Gasteiger partial charge in [-0.15, -0.1) is 0 Å². The average Bonchev–Trinajstić information content (AvgIpc) is 2.79. The van der Waals surface area contributed by atoms with Crippen LogP contribution in [0, 0.1) is 13.8 Å². The van der Waals surface area contributed by atoms with E-state index in [1.54, 1.807) is 49.4 Å². The predicted octanol–water partition coefficient (Wildman–Crippen LogP) is 4.58. The van der Waals surface area contributed by atoms with Gasteiger partial charge in [0.15, 0.2) is 0 Å². The van der Waals surface area contributed by atoms with E-state index in [2.05, 4.69) is 5.32 Å². The van der Waals surface area contributed by atoms with Crippen molar-refractivity contribution < 1.29 is 22.7 Å². The van der Waals surface area contributed by atoms with Crippen LogP contribution in [0.15, 0.2) is 71.6 Å². The minimum absolute atomic E-state index is 0.0553. The van der Waals surface area contributed by atoms with Crippen LogP contribution in [0.4, 0.5) is 11.4 Å². The third kappa shape index (κ3) is 5.53. The Hall–Kier alpha value is -3.36. The fourth-order valence-electron chi connectivity index (χ4n) is 3.18. The Morgan fingerprint density at radius 3 is 2.21 bits per heavy atom. The molecule has 0 heterocycles. The first-order valence-corrected chi connectivity index (χ1v) is 11.8. The molecule has 0 unspecified atom stereocenters. The lowest BCUT2D eigenvalue weighted by Gasteiger charge is -2.24. The first-order valence-electron chi connectivity index (χ1n) is 9.96. The van der Waals surface area contributed by atoms with Gasteiger partial charge in [0.05, 0.1) is 23.3 Å². The van der Waals surface area contributed by atoms with Gasteiger partial charge in [0, 0.05) is 10.7 Å². The monoisotopic (exact) mass is 486 g/mol. The van der Waals surface area contributed by atoms with E-state index in [4.69, 9.17) is 16.3 Å². The predicted molar refractivity (Wildman–Crippen MR) is 128 cm³/mol. The Bertz CT molecular complexity index is 1270. The van der Waals surface area contributed by atoms with Crippen LogP contribution in [0.1, 0.15) is 21.5 Å². The number of sulfonamides is 1. The number of nitrogens with zero attached hydrogens (tertiary/aromatic N) is 1. The van der Waals surface area contributed by atoms with E-state index in [0.29, 0.717) is 21.8 Å². The third-order valence-electron chi connectivity index (χ3n) is 5.02. The van der Waals surface area contributed by atoms with Crippen LogP contribution < -0.4 is 9.62 Å². The SMILES string of the molecule is COC(=O)c1cccc(NC(=O)CN(c2ccc(Cl)cc2)S(=O)(=O)c2ccc(C)cc2)c1C. The molecule has 0 spiro atoms. The molecule has 1 amide bonds. The molecule has 0 radical (unpaired) electrons. The van der Waals surface area contributed by atoms with Crippen LogP contribution in [-0.2, 0) is 19.6 Å². The number of benzene rings is 3. The largest absolute Gasteiger partial charge is 0.465 e. The summed E-state index contributed by atoms with van der Waals surface area (Å²) in [5, 5.41) is 3.13. The van der Waals surface area contributed by atoms with E-state index in [9.17, 15) is 18.0 Å². The van der Waals surface area contributed by atoms with E-state index < -0.39 is 28.4 Å². The molecule has 0 aliphatic carbocycles. The standard InChI is InChI=1S/C24H23ClN2O5S/c1-16-7-13-20(14-8-16)33(30,31)27(19-11-9-18(25)10-12-19)15-23(28)26-22-6-4-5-21(17(22)2)24(29)32-3/h4-14H,15H2,1-3H3,(H,26,28). The van der Waals surface area contributed by atoms with Gasteiger partial charge in [0.2, 0.25) is 5.91 Å². The molecule has 7 nitrogen and oxygen atoms in total. The zero-order valence-corrected chi connectivity index (χ0v) is 19.9. The molecule has 3 aromatic rings. The van der Waals surface area contributed by atoms with Gasteiger partial charge in [0.25, 0.3) is 10.0 Å². The summed E-state index contributed by atoms with van der Waals surface area (Å²) in [4.78, 5) is 24.9. The van der Waals surface area contributed by atoms with Crippen molar-refractivity contribution in [3.63, 3.8) is 0 Å². The summed E-state index contributed by atoms with van der Waals surface area (Å²) < 4.78 is 32.6. The molecule has 33 heavy (non-hydrogen) atoms. The van der Waals surface area contributed by atoms with Crippen LogP contribution >= 0.6 is 11.6 Å². The quantitative estimate of drug-likeness (QED) is 0.493. The molecule has 3 aromatic carbocycles. The van der Waals surface area contributed by atoms with Gasteiger partial charge in [-0.05, 0) is 67.9 Å². The topological polar surface area (TPSA) is 92.8 Å². The van der Waals surface area contributed by atoms with Crippen molar-refractivity contribution in [1.82, 2.24) is 0 Å². The Balaban J connectivity index is 1.94. The Morgan fingerprint density at radius 1 is 0.970 bits per heavy atom. The summed E-state index contributed by atoms with van der Waals surface area (Å²) in [6, 6.07) is 17.4. The van der Waals surface area contributed by atoms with Crippen molar-refractivity contribution in [2.75, 3.05) is 23.3 Å². The maximum Gasteiger partial charge on any atom is 0.338 e. The number of hydrogen-bond acceptors (Lipinski definition) is 5. The number of ether oxygens (including phenoxy) is 1. The summed E-state index contributed by atoms with van der Waals surface area (Å²) in [5.41, 5.74) is 2.39. The first kappa shape index (κ1) is 24.3. The minimum Gasteiger partial charge on any atom is -0.465 e. The van der Waals surface area contributed by atoms with Gasteiger partial charge in [0.1, 0.15) is 6.54 Å². The van der Waals surface area contributed by atoms with E-state index in [0.717, 1.165) is 9.87 Å². The second kappa shape index (κ2) is 10.1. The first-order chi connectivity index (χ1) is 15.6. The maximum atomic E-state index is 13.4. The number of carbonyl (C=O) groups excluding carboxylic acids is 2. The van der Waals surface area contributed by atoms with E-state index in [-0.39, 0.29) is 10.6 Å². The Labute approximate surface area is 198 Å². The third-order valence-corrected chi connectivity index (χ3v) is 7.06. The number of methoxy groups -OCH3 is 1. The van der Waals surface area contributed by atoms with Crippen LogP contribution in [-0.4, -0.2) is 33.9 Å². The molecule has 0 saturated carbocycles. The highest BCUT2D eigenvalue weighted by Crippen LogP contribution is 2.26. The smallest absolute Gasteiger partial charge is 0.338 e. The molecule has 0 aromatic heterocycles. The summed E-state index contributed by atoms with van der Waals surface area (Å²) in [5.74, 6) is -1.11. The molecule has 3 rings (SSSR count). The number of aryl methyl sites for hydroxylation is 1. The lowest BCUT2D eigenvalue weighted by atomic mass is 10.1. The Kier molecular flexibility index (Phi) is 7.40. The van der Waals surface area contributed by atoms with Crippen LogP contribution in [0.5, 0.6) is 0 Å². The number of anilines is 2. The molecule has 0 aliphatic rings. The van der Waals surface area contributed by atoms with E-state index in [1.807, 2.05) is 6.92 Å². The van der Waals surface area contributed by atoms with Gasteiger partial charge in [-0.25, -0.2) is 13.2 Å². The average molecular weight is 487 g/mol. The molecule has 1 N–H and O–H groups in total. The summed E-state index contributed by atoms with van der Waals surface area (Å²) in [6.45, 7) is 3.03. The van der Waals surface area contributed by atoms with E-state index in [1.165, 1.54) is 31.4 Å². The number of amides is 1.